The molecule has 1 atom stereocenters. The SMILES string of the molecule is O=C(NCCc1ccccc1)C(=O)NC[C@@]1(O)CCOC1. The van der Waals surface area contributed by atoms with Gasteiger partial charge in [-0.05, 0) is 12.0 Å². The molecule has 0 saturated carbocycles. The normalized spacial score (nSPS) is 21.0. The number of benzene rings is 1. The minimum absolute atomic E-state index is 0.0257. The van der Waals surface area contributed by atoms with Gasteiger partial charge < -0.3 is 20.5 Å². The summed E-state index contributed by atoms with van der Waals surface area (Å²) in [5.41, 5.74) is 0.0376. The molecule has 6 heteroatoms. The van der Waals surface area contributed by atoms with Crippen molar-refractivity contribution < 1.29 is 19.4 Å². The molecule has 0 aliphatic carbocycles. The van der Waals surface area contributed by atoms with Crippen molar-refractivity contribution in [2.75, 3.05) is 26.3 Å². The van der Waals surface area contributed by atoms with Crippen LogP contribution in [0.2, 0.25) is 0 Å². The number of carbonyl (C=O) groups excluding carboxylic acids is 2. The van der Waals surface area contributed by atoms with E-state index in [1.165, 1.54) is 0 Å². The predicted octanol–water partition coefficient (Wildman–Crippen LogP) is -0.387. The third-order valence-electron chi connectivity index (χ3n) is 3.41. The minimum atomic E-state index is -1.06. The molecule has 114 valence electrons. The summed E-state index contributed by atoms with van der Waals surface area (Å²) < 4.78 is 5.06. The molecule has 1 aromatic rings. The average Bonchev–Trinajstić information content (AvgIpc) is 2.93. The first-order chi connectivity index (χ1) is 10.1. The van der Waals surface area contributed by atoms with Crippen molar-refractivity contribution in [2.24, 2.45) is 0 Å². The number of nitrogens with one attached hydrogen (secondary N) is 2. The molecule has 1 heterocycles. The molecule has 2 rings (SSSR count). The topological polar surface area (TPSA) is 87.7 Å². The summed E-state index contributed by atoms with van der Waals surface area (Å²) in [5, 5.41) is 15.0. The second kappa shape index (κ2) is 7.19. The van der Waals surface area contributed by atoms with Gasteiger partial charge >= 0.3 is 11.8 Å². The van der Waals surface area contributed by atoms with Crippen LogP contribution in [0.5, 0.6) is 0 Å². The van der Waals surface area contributed by atoms with Crippen LogP contribution in [0.4, 0.5) is 0 Å². The van der Waals surface area contributed by atoms with E-state index in [1.54, 1.807) is 0 Å². The van der Waals surface area contributed by atoms with Crippen LogP contribution in [0, 0.1) is 0 Å². The van der Waals surface area contributed by atoms with E-state index in [4.69, 9.17) is 4.74 Å². The molecule has 1 fully saturated rings. The van der Waals surface area contributed by atoms with Crippen molar-refractivity contribution in [3.63, 3.8) is 0 Å². The maximum atomic E-state index is 11.6. The van der Waals surface area contributed by atoms with Crippen LogP contribution in [0.15, 0.2) is 30.3 Å². The Morgan fingerprint density at radius 1 is 1.19 bits per heavy atom. The molecule has 1 aromatic carbocycles. The number of hydrogen-bond acceptors (Lipinski definition) is 4. The Balaban J connectivity index is 1.67. The lowest BCUT2D eigenvalue weighted by molar-refractivity contribution is -0.139. The first kappa shape index (κ1) is 15.5. The number of hydrogen-bond donors (Lipinski definition) is 3. The maximum Gasteiger partial charge on any atom is 0.309 e. The molecule has 1 aliphatic heterocycles. The van der Waals surface area contributed by atoms with Crippen LogP contribution < -0.4 is 10.6 Å². The molecular weight excluding hydrogens is 272 g/mol. The monoisotopic (exact) mass is 292 g/mol. The van der Waals surface area contributed by atoms with Gasteiger partial charge in [0.15, 0.2) is 0 Å². The second-order valence-electron chi connectivity index (χ2n) is 5.20. The molecule has 3 N–H and O–H groups in total. The third-order valence-corrected chi connectivity index (χ3v) is 3.41. The molecule has 6 nitrogen and oxygen atoms in total. The molecule has 1 aliphatic rings. The average molecular weight is 292 g/mol. The highest BCUT2D eigenvalue weighted by Crippen LogP contribution is 2.16. The van der Waals surface area contributed by atoms with Gasteiger partial charge in [-0.15, -0.1) is 0 Å². The Hall–Kier alpha value is -1.92. The Kier molecular flexibility index (Phi) is 5.30. The first-order valence-electron chi connectivity index (χ1n) is 6.99. The number of aliphatic hydroxyl groups is 1. The Labute approximate surface area is 123 Å². The number of carbonyl (C=O) groups is 2. The highest BCUT2D eigenvalue weighted by Gasteiger charge is 2.33. The fourth-order valence-corrected chi connectivity index (χ4v) is 2.11. The van der Waals surface area contributed by atoms with Crippen LogP contribution in [0.3, 0.4) is 0 Å². The molecule has 0 bridgehead atoms. The molecule has 21 heavy (non-hydrogen) atoms. The summed E-state index contributed by atoms with van der Waals surface area (Å²) in [4.78, 5) is 23.2. The van der Waals surface area contributed by atoms with Gasteiger partial charge in [0.1, 0.15) is 5.60 Å². The molecule has 1 saturated heterocycles. The van der Waals surface area contributed by atoms with Gasteiger partial charge in [0.2, 0.25) is 0 Å². The smallest absolute Gasteiger partial charge is 0.309 e. The zero-order valence-corrected chi connectivity index (χ0v) is 11.8. The van der Waals surface area contributed by atoms with Crippen LogP contribution in [-0.2, 0) is 20.7 Å². The third kappa shape index (κ3) is 4.84. The van der Waals surface area contributed by atoms with Gasteiger partial charge in [-0.2, -0.15) is 0 Å². The Morgan fingerprint density at radius 3 is 2.57 bits per heavy atom. The summed E-state index contributed by atoms with van der Waals surface area (Å²) in [6.45, 7) is 1.07. The lowest BCUT2D eigenvalue weighted by Gasteiger charge is -2.20. The van der Waals surface area contributed by atoms with Gasteiger partial charge in [0.25, 0.3) is 0 Å². The fraction of sp³-hybridized carbons (Fsp3) is 0.467. The molecule has 0 unspecified atom stereocenters. The number of rotatable bonds is 5. The summed E-state index contributed by atoms with van der Waals surface area (Å²) >= 11 is 0. The van der Waals surface area contributed by atoms with Crippen molar-refractivity contribution in [1.82, 2.24) is 10.6 Å². The van der Waals surface area contributed by atoms with Crippen LogP contribution in [-0.4, -0.2) is 48.8 Å². The van der Waals surface area contributed by atoms with Crippen LogP contribution in [0.25, 0.3) is 0 Å². The summed E-state index contributed by atoms with van der Waals surface area (Å²) in [5.74, 6) is -1.42. The first-order valence-corrected chi connectivity index (χ1v) is 6.99. The van der Waals surface area contributed by atoms with Gasteiger partial charge in [0, 0.05) is 26.1 Å². The molecule has 0 aromatic heterocycles. The van der Waals surface area contributed by atoms with Crippen molar-refractivity contribution >= 4 is 11.8 Å². The Morgan fingerprint density at radius 2 is 1.90 bits per heavy atom. The zero-order valence-electron chi connectivity index (χ0n) is 11.8. The summed E-state index contributed by atoms with van der Waals surface area (Å²) in [6, 6.07) is 9.69. The van der Waals surface area contributed by atoms with E-state index in [1.807, 2.05) is 30.3 Å². The van der Waals surface area contributed by atoms with E-state index < -0.39 is 17.4 Å². The molecule has 0 spiro atoms. The van der Waals surface area contributed by atoms with Crippen LogP contribution >= 0.6 is 0 Å². The van der Waals surface area contributed by atoms with E-state index >= 15 is 0 Å². The lowest BCUT2D eigenvalue weighted by atomic mass is 10.0. The van der Waals surface area contributed by atoms with E-state index in [0.717, 1.165) is 5.56 Å². The molecular formula is C15H20N2O4. The van der Waals surface area contributed by atoms with Gasteiger partial charge in [-0.25, -0.2) is 0 Å². The van der Waals surface area contributed by atoms with E-state index in [9.17, 15) is 14.7 Å². The van der Waals surface area contributed by atoms with Crippen molar-refractivity contribution in [1.29, 1.82) is 0 Å². The molecule has 0 radical (unpaired) electrons. The van der Waals surface area contributed by atoms with Crippen molar-refractivity contribution in [3.05, 3.63) is 35.9 Å². The zero-order chi connectivity index (χ0) is 15.1. The minimum Gasteiger partial charge on any atom is -0.386 e. The van der Waals surface area contributed by atoms with E-state index in [-0.39, 0.29) is 13.2 Å². The van der Waals surface area contributed by atoms with Crippen molar-refractivity contribution in [3.8, 4) is 0 Å². The highest BCUT2D eigenvalue weighted by molar-refractivity contribution is 6.35. The fourth-order valence-electron chi connectivity index (χ4n) is 2.11. The highest BCUT2D eigenvalue weighted by atomic mass is 16.5. The van der Waals surface area contributed by atoms with Gasteiger partial charge in [0.05, 0.1) is 6.61 Å². The number of amides is 2. The van der Waals surface area contributed by atoms with E-state index in [2.05, 4.69) is 10.6 Å². The summed E-state index contributed by atoms with van der Waals surface area (Å²) in [7, 11) is 0. The Bertz CT molecular complexity index is 484. The van der Waals surface area contributed by atoms with Crippen LogP contribution in [0.1, 0.15) is 12.0 Å². The van der Waals surface area contributed by atoms with Gasteiger partial charge in [-0.1, -0.05) is 30.3 Å². The number of ether oxygens (including phenoxy) is 1. The predicted molar refractivity (Wildman–Crippen MR) is 76.6 cm³/mol. The quantitative estimate of drug-likeness (QED) is 0.645. The van der Waals surface area contributed by atoms with E-state index in [0.29, 0.717) is 26.0 Å². The second-order valence-corrected chi connectivity index (χ2v) is 5.20. The standard InChI is InChI=1S/C15H20N2O4/c18-13(16-8-6-12-4-2-1-3-5-12)14(19)17-10-15(20)7-9-21-11-15/h1-5,20H,6-11H2,(H,16,18)(H,17,19)/t15-/m0/s1. The lowest BCUT2D eigenvalue weighted by Crippen LogP contribution is -2.48. The molecule has 2 amide bonds. The van der Waals surface area contributed by atoms with Crippen molar-refractivity contribution in [2.45, 2.75) is 18.4 Å². The van der Waals surface area contributed by atoms with Gasteiger partial charge in [-0.3, -0.25) is 9.59 Å². The largest absolute Gasteiger partial charge is 0.386 e. The summed E-state index contributed by atoms with van der Waals surface area (Å²) in [6.07, 6.45) is 1.13. The maximum absolute atomic E-state index is 11.6.